The van der Waals surface area contributed by atoms with Gasteiger partial charge in [0.05, 0.1) is 6.10 Å². The van der Waals surface area contributed by atoms with E-state index in [0.717, 1.165) is 50.9 Å². The first-order valence-electron chi connectivity index (χ1n) is 9.44. The Balaban J connectivity index is 1.44. The van der Waals surface area contributed by atoms with E-state index in [1.165, 1.54) is 16.8 Å². The van der Waals surface area contributed by atoms with E-state index < -0.39 is 0 Å². The van der Waals surface area contributed by atoms with Gasteiger partial charge in [0.15, 0.2) is 0 Å². The van der Waals surface area contributed by atoms with Gasteiger partial charge in [0, 0.05) is 51.2 Å². The molecule has 1 aromatic carbocycles. The number of hydrogen-bond acceptors (Lipinski definition) is 6. The third-order valence-corrected chi connectivity index (χ3v) is 5.59. The smallest absolute Gasteiger partial charge is 0.227 e. The lowest BCUT2D eigenvalue weighted by Gasteiger charge is -2.37. The van der Waals surface area contributed by atoms with Crippen molar-refractivity contribution >= 4 is 17.5 Å². The summed E-state index contributed by atoms with van der Waals surface area (Å²) in [6.07, 6.45) is 2.40. The van der Waals surface area contributed by atoms with Crippen LogP contribution >= 0.6 is 0 Å². The van der Waals surface area contributed by atoms with Crippen molar-refractivity contribution < 1.29 is 5.11 Å². The summed E-state index contributed by atoms with van der Waals surface area (Å²) < 4.78 is 0. The predicted molar refractivity (Wildman–Crippen MR) is 105 cm³/mol. The van der Waals surface area contributed by atoms with Crippen LogP contribution in [0.3, 0.4) is 0 Å². The third-order valence-electron chi connectivity index (χ3n) is 5.59. The summed E-state index contributed by atoms with van der Waals surface area (Å²) in [5.41, 5.74) is 4.05. The van der Waals surface area contributed by atoms with E-state index in [-0.39, 0.29) is 6.10 Å². The number of aromatic nitrogens is 2. The quantitative estimate of drug-likeness (QED) is 0.911. The fraction of sp³-hybridized carbons (Fsp3) is 0.500. The van der Waals surface area contributed by atoms with E-state index in [1.54, 1.807) is 0 Å². The third kappa shape index (κ3) is 3.33. The molecule has 0 amide bonds. The number of aliphatic hydroxyl groups is 1. The van der Waals surface area contributed by atoms with Crippen LogP contribution < -0.4 is 14.7 Å². The molecule has 0 saturated carbocycles. The average Bonchev–Trinajstić information content (AvgIpc) is 3.11. The molecule has 1 atom stereocenters. The van der Waals surface area contributed by atoms with Gasteiger partial charge in [0.2, 0.25) is 5.95 Å². The summed E-state index contributed by atoms with van der Waals surface area (Å²) in [5.74, 6) is 1.72. The molecule has 0 bridgehead atoms. The van der Waals surface area contributed by atoms with Gasteiger partial charge in [-0.2, -0.15) is 4.98 Å². The number of hydrogen-bond donors (Lipinski definition) is 1. The number of β-amino-alcohol motifs (C(OH)–C–C–N with tert-alkyl or cyclic N) is 1. The zero-order chi connectivity index (χ0) is 18.1. The molecule has 2 aromatic rings. The summed E-state index contributed by atoms with van der Waals surface area (Å²) in [5, 5.41) is 9.76. The van der Waals surface area contributed by atoms with Crippen LogP contribution in [0.5, 0.6) is 0 Å². The molecule has 2 saturated heterocycles. The van der Waals surface area contributed by atoms with Crippen LogP contribution in [0.2, 0.25) is 0 Å². The van der Waals surface area contributed by atoms with Crippen LogP contribution in [0.1, 0.15) is 17.5 Å². The number of aryl methyl sites for hydroxylation is 1. The van der Waals surface area contributed by atoms with Gasteiger partial charge in [0.1, 0.15) is 5.82 Å². The number of benzene rings is 1. The lowest BCUT2D eigenvalue weighted by molar-refractivity contribution is 0.198. The molecule has 1 N–H and O–H groups in total. The summed E-state index contributed by atoms with van der Waals surface area (Å²) in [7, 11) is 0. The maximum atomic E-state index is 9.76. The molecule has 2 aliphatic rings. The van der Waals surface area contributed by atoms with Crippen LogP contribution in [0.4, 0.5) is 17.5 Å². The molecule has 138 valence electrons. The van der Waals surface area contributed by atoms with Crippen LogP contribution in [0.15, 0.2) is 30.5 Å². The van der Waals surface area contributed by atoms with Gasteiger partial charge in [-0.1, -0.05) is 12.1 Å². The monoisotopic (exact) mass is 353 g/mol. The van der Waals surface area contributed by atoms with Crippen molar-refractivity contribution in [2.45, 2.75) is 26.4 Å². The molecule has 2 aliphatic heterocycles. The second kappa shape index (κ2) is 7.11. The largest absolute Gasteiger partial charge is 0.391 e. The fourth-order valence-corrected chi connectivity index (χ4v) is 3.84. The number of aliphatic hydroxyl groups excluding tert-OH is 1. The Morgan fingerprint density at radius 1 is 0.962 bits per heavy atom. The summed E-state index contributed by atoms with van der Waals surface area (Å²) in [6, 6.07) is 8.46. The Labute approximate surface area is 155 Å². The van der Waals surface area contributed by atoms with Crippen molar-refractivity contribution in [3.8, 4) is 0 Å². The molecular weight excluding hydrogens is 326 g/mol. The molecule has 4 rings (SSSR count). The second-order valence-electron chi connectivity index (χ2n) is 7.30. The minimum absolute atomic E-state index is 0.241. The first-order chi connectivity index (χ1) is 12.6. The Kier molecular flexibility index (Phi) is 4.68. The van der Waals surface area contributed by atoms with Crippen LogP contribution in [0, 0.1) is 13.8 Å². The zero-order valence-corrected chi connectivity index (χ0v) is 15.6. The molecule has 26 heavy (non-hydrogen) atoms. The Bertz CT molecular complexity index is 773. The molecule has 0 radical (unpaired) electrons. The van der Waals surface area contributed by atoms with Crippen molar-refractivity contribution in [2.75, 3.05) is 54.0 Å². The summed E-state index contributed by atoms with van der Waals surface area (Å²) in [6.45, 7) is 9.67. The van der Waals surface area contributed by atoms with Gasteiger partial charge in [-0.05, 0) is 43.5 Å². The van der Waals surface area contributed by atoms with Crippen molar-refractivity contribution in [3.63, 3.8) is 0 Å². The van der Waals surface area contributed by atoms with Crippen LogP contribution in [-0.2, 0) is 0 Å². The molecule has 3 heterocycles. The van der Waals surface area contributed by atoms with Gasteiger partial charge in [0.25, 0.3) is 0 Å². The number of anilines is 3. The lowest BCUT2D eigenvalue weighted by Crippen LogP contribution is -2.47. The van der Waals surface area contributed by atoms with Crippen LogP contribution in [-0.4, -0.2) is 60.4 Å². The summed E-state index contributed by atoms with van der Waals surface area (Å²) in [4.78, 5) is 16.1. The Morgan fingerprint density at radius 3 is 2.46 bits per heavy atom. The number of rotatable bonds is 3. The molecule has 0 aliphatic carbocycles. The highest BCUT2D eigenvalue weighted by molar-refractivity contribution is 5.57. The van der Waals surface area contributed by atoms with E-state index >= 15 is 0 Å². The van der Waals surface area contributed by atoms with Gasteiger partial charge in [-0.25, -0.2) is 4.98 Å². The van der Waals surface area contributed by atoms with E-state index in [2.05, 4.69) is 51.7 Å². The van der Waals surface area contributed by atoms with Crippen molar-refractivity contribution in [3.05, 3.63) is 41.6 Å². The van der Waals surface area contributed by atoms with Crippen molar-refractivity contribution in [2.24, 2.45) is 0 Å². The minimum atomic E-state index is -0.241. The first-order valence-corrected chi connectivity index (χ1v) is 9.44. The van der Waals surface area contributed by atoms with Gasteiger partial charge < -0.3 is 19.8 Å². The number of nitrogens with zero attached hydrogens (tertiary/aromatic N) is 5. The average molecular weight is 353 g/mol. The highest BCUT2D eigenvalue weighted by Gasteiger charge is 2.24. The molecule has 6 nitrogen and oxygen atoms in total. The highest BCUT2D eigenvalue weighted by atomic mass is 16.3. The standard InChI is InChI=1S/C20H27N5O/c1-15-4-3-5-18(16(15)2)23-10-12-24(13-11-23)20-21-8-6-19(22-20)25-9-7-17(26)14-25/h3-6,8,17,26H,7,9-14H2,1-2H3. The molecule has 1 unspecified atom stereocenters. The molecule has 1 aromatic heterocycles. The maximum absolute atomic E-state index is 9.76. The van der Waals surface area contributed by atoms with Gasteiger partial charge in [-0.15, -0.1) is 0 Å². The van der Waals surface area contributed by atoms with Crippen LogP contribution in [0.25, 0.3) is 0 Å². The van der Waals surface area contributed by atoms with E-state index in [9.17, 15) is 5.11 Å². The maximum Gasteiger partial charge on any atom is 0.227 e. The van der Waals surface area contributed by atoms with Gasteiger partial charge in [-0.3, -0.25) is 0 Å². The zero-order valence-electron chi connectivity index (χ0n) is 15.6. The van der Waals surface area contributed by atoms with E-state index in [0.29, 0.717) is 6.54 Å². The van der Waals surface area contributed by atoms with Crippen molar-refractivity contribution in [1.82, 2.24) is 9.97 Å². The fourth-order valence-electron chi connectivity index (χ4n) is 3.84. The molecule has 0 spiro atoms. The molecule has 6 heteroatoms. The topological polar surface area (TPSA) is 55.7 Å². The Morgan fingerprint density at radius 2 is 1.73 bits per heavy atom. The summed E-state index contributed by atoms with van der Waals surface area (Å²) >= 11 is 0. The molecule has 2 fully saturated rings. The number of piperazine rings is 1. The normalized spacial score (nSPS) is 20.7. The van der Waals surface area contributed by atoms with E-state index in [1.807, 2.05) is 12.3 Å². The van der Waals surface area contributed by atoms with E-state index in [4.69, 9.17) is 4.98 Å². The predicted octanol–water partition coefficient (Wildman–Crippen LogP) is 1.99. The Hall–Kier alpha value is -2.34. The van der Waals surface area contributed by atoms with Crippen molar-refractivity contribution in [1.29, 1.82) is 0 Å². The molecular formula is C20H27N5O. The SMILES string of the molecule is Cc1cccc(N2CCN(c3nccc(N4CCC(O)C4)n3)CC2)c1C. The highest BCUT2D eigenvalue weighted by Crippen LogP contribution is 2.25. The minimum Gasteiger partial charge on any atom is -0.391 e. The van der Waals surface area contributed by atoms with Gasteiger partial charge >= 0.3 is 0 Å². The second-order valence-corrected chi connectivity index (χ2v) is 7.30. The lowest BCUT2D eigenvalue weighted by atomic mass is 10.1. The first kappa shape index (κ1) is 17.1.